The molecule has 0 spiro atoms. The van der Waals surface area contributed by atoms with Crippen LogP contribution in [0, 0.1) is 0 Å². The van der Waals surface area contributed by atoms with Gasteiger partial charge in [0, 0.05) is 32.3 Å². The van der Waals surface area contributed by atoms with Gasteiger partial charge in [-0.05, 0) is 48.7 Å². The van der Waals surface area contributed by atoms with Crippen molar-refractivity contribution < 1.29 is 28.5 Å². The normalized spacial score (nSPS) is 15.2. The number of carbonyl (C=O) groups is 2. The molecule has 0 aliphatic carbocycles. The molecule has 2 amide bonds. The van der Waals surface area contributed by atoms with Gasteiger partial charge in [-0.15, -0.1) is 0 Å². The monoisotopic (exact) mass is 442 g/mol. The number of amides is 2. The van der Waals surface area contributed by atoms with Crippen LogP contribution in [0.1, 0.15) is 28.8 Å². The van der Waals surface area contributed by atoms with Crippen LogP contribution in [0.3, 0.4) is 0 Å². The van der Waals surface area contributed by atoms with Crippen LogP contribution in [-0.4, -0.2) is 63.8 Å². The van der Waals surface area contributed by atoms with Gasteiger partial charge in [-0.1, -0.05) is 12.1 Å². The van der Waals surface area contributed by atoms with Gasteiger partial charge in [0.05, 0.1) is 20.3 Å². The maximum absolute atomic E-state index is 13.5. The van der Waals surface area contributed by atoms with Crippen molar-refractivity contribution >= 4 is 11.8 Å². The zero-order valence-corrected chi connectivity index (χ0v) is 18.8. The molecule has 1 fully saturated rings. The third-order valence-corrected chi connectivity index (χ3v) is 5.29. The van der Waals surface area contributed by atoms with E-state index in [0.29, 0.717) is 30.2 Å². The van der Waals surface area contributed by atoms with Crippen molar-refractivity contribution in [1.29, 1.82) is 0 Å². The molecule has 0 radical (unpaired) electrons. The number of likely N-dealkylation sites (N-methyl/N-ethyl adjacent to an activating group) is 1. The topological polar surface area (TPSA) is 86.3 Å². The minimum Gasteiger partial charge on any atom is -0.497 e. The lowest BCUT2D eigenvalue weighted by molar-refractivity contribution is -0.122. The van der Waals surface area contributed by atoms with Crippen LogP contribution in [0.15, 0.2) is 42.5 Å². The summed E-state index contributed by atoms with van der Waals surface area (Å²) in [5, 5.41) is 2.50. The standard InChI is InChI=1S/C24H30N2O6/c1-25-23(27)16-32-21-10-9-18(13-22(21)30-3)24(28)26(15-20-8-5-11-31-20)14-17-6-4-7-19(12-17)29-2/h4,6-7,9-10,12-13,20H,5,8,11,14-16H2,1-3H3,(H,25,27). The molecule has 0 aromatic heterocycles. The molecule has 3 rings (SSSR count). The van der Waals surface area contributed by atoms with Crippen LogP contribution >= 0.6 is 0 Å². The molecular formula is C24H30N2O6. The molecule has 1 unspecified atom stereocenters. The van der Waals surface area contributed by atoms with Crippen molar-refractivity contribution in [3.63, 3.8) is 0 Å². The molecule has 1 atom stereocenters. The first-order chi connectivity index (χ1) is 15.5. The van der Waals surface area contributed by atoms with Gasteiger partial charge < -0.3 is 29.2 Å². The van der Waals surface area contributed by atoms with E-state index in [1.54, 1.807) is 30.2 Å². The molecular weight excluding hydrogens is 412 g/mol. The summed E-state index contributed by atoms with van der Waals surface area (Å²) in [6, 6.07) is 12.6. The summed E-state index contributed by atoms with van der Waals surface area (Å²) < 4.78 is 22.0. The average molecular weight is 443 g/mol. The maximum Gasteiger partial charge on any atom is 0.257 e. The van der Waals surface area contributed by atoms with Gasteiger partial charge in [0.1, 0.15) is 5.75 Å². The molecule has 172 valence electrons. The highest BCUT2D eigenvalue weighted by atomic mass is 16.5. The molecule has 32 heavy (non-hydrogen) atoms. The molecule has 2 aromatic rings. The number of rotatable bonds is 10. The van der Waals surface area contributed by atoms with E-state index in [0.717, 1.165) is 30.8 Å². The van der Waals surface area contributed by atoms with Crippen molar-refractivity contribution in [3.05, 3.63) is 53.6 Å². The smallest absolute Gasteiger partial charge is 0.257 e. The van der Waals surface area contributed by atoms with Crippen molar-refractivity contribution in [2.45, 2.75) is 25.5 Å². The van der Waals surface area contributed by atoms with E-state index >= 15 is 0 Å². The van der Waals surface area contributed by atoms with Crippen molar-refractivity contribution in [2.24, 2.45) is 0 Å². The van der Waals surface area contributed by atoms with E-state index in [1.807, 2.05) is 24.3 Å². The molecule has 8 heteroatoms. The fourth-order valence-electron chi connectivity index (χ4n) is 3.56. The van der Waals surface area contributed by atoms with Gasteiger partial charge in [-0.25, -0.2) is 0 Å². The summed E-state index contributed by atoms with van der Waals surface area (Å²) in [6.07, 6.45) is 1.94. The maximum atomic E-state index is 13.5. The Kier molecular flexibility index (Phi) is 8.33. The number of nitrogens with one attached hydrogen (secondary N) is 1. The zero-order chi connectivity index (χ0) is 22.9. The van der Waals surface area contributed by atoms with E-state index in [-0.39, 0.29) is 24.5 Å². The first kappa shape index (κ1) is 23.4. The number of nitrogens with zero attached hydrogens (tertiary/aromatic N) is 1. The first-order valence-electron chi connectivity index (χ1n) is 10.6. The highest BCUT2D eigenvalue weighted by molar-refractivity contribution is 5.95. The third kappa shape index (κ3) is 6.13. The minimum atomic E-state index is -0.256. The molecule has 1 saturated heterocycles. The van der Waals surface area contributed by atoms with Crippen LogP contribution < -0.4 is 19.5 Å². The number of ether oxygens (including phenoxy) is 4. The lowest BCUT2D eigenvalue weighted by Crippen LogP contribution is -2.37. The fraction of sp³-hybridized carbons (Fsp3) is 0.417. The number of carbonyl (C=O) groups excluding carboxylic acids is 2. The summed E-state index contributed by atoms with van der Waals surface area (Å²) >= 11 is 0. The van der Waals surface area contributed by atoms with Crippen molar-refractivity contribution in [3.8, 4) is 17.2 Å². The minimum absolute atomic E-state index is 0.0154. The van der Waals surface area contributed by atoms with Gasteiger partial charge in [-0.2, -0.15) is 0 Å². The van der Waals surface area contributed by atoms with E-state index in [2.05, 4.69) is 5.32 Å². The Morgan fingerprint density at radius 2 is 1.97 bits per heavy atom. The molecule has 1 heterocycles. The summed E-state index contributed by atoms with van der Waals surface area (Å²) in [7, 11) is 4.65. The molecule has 1 aliphatic rings. The van der Waals surface area contributed by atoms with E-state index < -0.39 is 0 Å². The summed E-state index contributed by atoms with van der Waals surface area (Å²) in [6.45, 7) is 1.50. The quantitative estimate of drug-likeness (QED) is 0.609. The van der Waals surface area contributed by atoms with E-state index in [9.17, 15) is 9.59 Å². The van der Waals surface area contributed by atoms with Gasteiger partial charge in [0.2, 0.25) is 0 Å². The Morgan fingerprint density at radius 1 is 1.12 bits per heavy atom. The Balaban J connectivity index is 1.81. The van der Waals surface area contributed by atoms with Gasteiger partial charge in [0.15, 0.2) is 18.1 Å². The second-order valence-corrected chi connectivity index (χ2v) is 7.50. The molecule has 1 aliphatic heterocycles. The molecule has 8 nitrogen and oxygen atoms in total. The Labute approximate surface area is 188 Å². The largest absolute Gasteiger partial charge is 0.497 e. The summed E-state index contributed by atoms with van der Waals surface area (Å²) in [4.78, 5) is 26.7. The van der Waals surface area contributed by atoms with Crippen LogP contribution in [0.4, 0.5) is 0 Å². The van der Waals surface area contributed by atoms with Crippen LogP contribution in [0.5, 0.6) is 17.2 Å². The predicted molar refractivity (Wildman–Crippen MR) is 119 cm³/mol. The first-order valence-corrected chi connectivity index (χ1v) is 10.6. The Hall–Kier alpha value is -3.26. The Morgan fingerprint density at radius 3 is 2.66 bits per heavy atom. The van der Waals surface area contributed by atoms with Gasteiger partial charge in [0.25, 0.3) is 11.8 Å². The fourth-order valence-corrected chi connectivity index (χ4v) is 3.56. The molecule has 2 aromatic carbocycles. The summed E-state index contributed by atoms with van der Waals surface area (Å²) in [5.41, 5.74) is 1.43. The van der Waals surface area contributed by atoms with Crippen LogP contribution in [0.25, 0.3) is 0 Å². The van der Waals surface area contributed by atoms with Crippen LogP contribution in [0.2, 0.25) is 0 Å². The number of benzene rings is 2. The second-order valence-electron chi connectivity index (χ2n) is 7.50. The van der Waals surface area contributed by atoms with E-state index in [4.69, 9.17) is 18.9 Å². The lowest BCUT2D eigenvalue weighted by atomic mass is 10.1. The number of hydrogen-bond acceptors (Lipinski definition) is 6. The van der Waals surface area contributed by atoms with Crippen molar-refractivity contribution in [1.82, 2.24) is 10.2 Å². The summed E-state index contributed by atoms with van der Waals surface area (Å²) in [5.74, 6) is 1.13. The predicted octanol–water partition coefficient (Wildman–Crippen LogP) is 2.65. The molecule has 1 N–H and O–H groups in total. The average Bonchev–Trinajstić information content (AvgIpc) is 3.34. The Bertz CT molecular complexity index is 926. The number of methoxy groups -OCH3 is 2. The van der Waals surface area contributed by atoms with Crippen molar-refractivity contribution in [2.75, 3.05) is 41.0 Å². The number of hydrogen-bond donors (Lipinski definition) is 1. The van der Waals surface area contributed by atoms with E-state index in [1.165, 1.54) is 14.2 Å². The molecule has 0 bridgehead atoms. The lowest BCUT2D eigenvalue weighted by Gasteiger charge is -2.26. The van der Waals surface area contributed by atoms with Gasteiger partial charge >= 0.3 is 0 Å². The highest BCUT2D eigenvalue weighted by Crippen LogP contribution is 2.29. The third-order valence-electron chi connectivity index (χ3n) is 5.29. The molecule has 0 saturated carbocycles. The van der Waals surface area contributed by atoms with Gasteiger partial charge in [-0.3, -0.25) is 9.59 Å². The highest BCUT2D eigenvalue weighted by Gasteiger charge is 2.24. The SMILES string of the molecule is CNC(=O)COc1ccc(C(=O)N(Cc2cccc(OC)c2)CC2CCCO2)cc1OC. The van der Waals surface area contributed by atoms with Crippen LogP contribution in [-0.2, 0) is 16.1 Å². The zero-order valence-electron chi connectivity index (χ0n) is 18.8. The second kappa shape index (κ2) is 11.4.